The average Bonchev–Trinajstić information content (AvgIpc) is 2.83. The maximum Gasteiger partial charge on any atom is 0.261 e. The molecule has 35 heavy (non-hydrogen) atoms. The van der Waals surface area contributed by atoms with Crippen LogP contribution in [0.4, 0.5) is 4.39 Å². The topological polar surface area (TPSA) is 58.6 Å². The Morgan fingerprint density at radius 2 is 1.71 bits per heavy atom. The summed E-state index contributed by atoms with van der Waals surface area (Å²) in [5.74, 6) is -0.602. The average molecular weight is 541 g/mol. The van der Waals surface area contributed by atoms with E-state index in [0.717, 1.165) is 15.6 Å². The van der Waals surface area contributed by atoms with Crippen LogP contribution in [0.2, 0.25) is 0 Å². The summed E-state index contributed by atoms with van der Waals surface area (Å²) >= 11 is 3.45. The van der Waals surface area contributed by atoms with Crippen LogP contribution >= 0.6 is 15.9 Å². The lowest BCUT2D eigenvalue weighted by Crippen LogP contribution is -2.53. The van der Waals surface area contributed by atoms with Gasteiger partial charge in [0.25, 0.3) is 5.91 Å². The third kappa shape index (κ3) is 7.65. The van der Waals surface area contributed by atoms with Gasteiger partial charge in [0.1, 0.15) is 17.6 Å². The van der Waals surface area contributed by atoms with Crippen molar-refractivity contribution < 1.29 is 18.7 Å². The van der Waals surface area contributed by atoms with Crippen molar-refractivity contribution in [2.75, 3.05) is 6.61 Å². The Labute approximate surface area is 214 Å². The van der Waals surface area contributed by atoms with E-state index in [1.807, 2.05) is 63.2 Å². The standard InChI is InChI=1S/C28H30BrFN2O3/c1-19(2)31-28(34)26(16-21-9-5-4-6-10-21)32(17-22-11-7-8-12-25(22)30)27(33)18-35-23-13-14-24(29)20(3)15-23/h4-15,19,26H,16-18H2,1-3H3,(H,31,34)/t26-/m1/s1. The van der Waals surface area contributed by atoms with Crippen LogP contribution in [0, 0.1) is 12.7 Å². The summed E-state index contributed by atoms with van der Waals surface area (Å²) in [6.07, 6.45) is 0.289. The molecule has 1 atom stereocenters. The van der Waals surface area contributed by atoms with Gasteiger partial charge in [-0.2, -0.15) is 0 Å². The first-order chi connectivity index (χ1) is 16.7. The maximum absolute atomic E-state index is 14.6. The molecule has 0 bridgehead atoms. The van der Waals surface area contributed by atoms with E-state index in [-0.39, 0.29) is 31.5 Å². The molecule has 184 valence electrons. The van der Waals surface area contributed by atoms with Gasteiger partial charge in [0, 0.05) is 29.0 Å². The first-order valence-electron chi connectivity index (χ1n) is 11.5. The zero-order chi connectivity index (χ0) is 25.4. The van der Waals surface area contributed by atoms with E-state index in [4.69, 9.17) is 4.74 Å². The number of carbonyl (C=O) groups excluding carboxylic acids is 2. The van der Waals surface area contributed by atoms with E-state index < -0.39 is 17.8 Å². The molecule has 0 unspecified atom stereocenters. The van der Waals surface area contributed by atoms with Crippen molar-refractivity contribution in [3.8, 4) is 5.75 Å². The molecule has 2 amide bonds. The summed E-state index contributed by atoms with van der Waals surface area (Å²) < 4.78 is 21.3. The number of aryl methyl sites for hydroxylation is 1. The number of halogens is 2. The van der Waals surface area contributed by atoms with Gasteiger partial charge in [-0.15, -0.1) is 0 Å². The predicted octanol–water partition coefficient (Wildman–Crippen LogP) is 5.44. The van der Waals surface area contributed by atoms with E-state index in [1.165, 1.54) is 11.0 Å². The molecule has 0 spiro atoms. The molecule has 3 rings (SSSR count). The number of carbonyl (C=O) groups is 2. The number of hydrogen-bond donors (Lipinski definition) is 1. The molecule has 7 heteroatoms. The fraction of sp³-hybridized carbons (Fsp3) is 0.286. The number of ether oxygens (including phenoxy) is 1. The van der Waals surface area contributed by atoms with Crippen LogP contribution < -0.4 is 10.1 Å². The summed E-state index contributed by atoms with van der Waals surface area (Å²) in [5.41, 5.74) is 2.19. The molecular weight excluding hydrogens is 511 g/mol. The lowest BCUT2D eigenvalue weighted by atomic mass is 10.0. The fourth-order valence-corrected chi connectivity index (χ4v) is 3.93. The quantitative estimate of drug-likeness (QED) is 0.372. The minimum atomic E-state index is -0.845. The summed E-state index contributed by atoms with van der Waals surface area (Å²) in [6.45, 7) is 5.31. The molecule has 0 heterocycles. The SMILES string of the molecule is Cc1cc(OCC(=O)N(Cc2ccccc2F)[C@H](Cc2ccccc2)C(=O)NC(C)C)ccc1Br. The monoisotopic (exact) mass is 540 g/mol. The van der Waals surface area contributed by atoms with Crippen molar-refractivity contribution in [1.82, 2.24) is 10.2 Å². The minimum Gasteiger partial charge on any atom is -0.484 e. The maximum atomic E-state index is 14.6. The van der Waals surface area contributed by atoms with E-state index in [0.29, 0.717) is 11.3 Å². The summed E-state index contributed by atoms with van der Waals surface area (Å²) in [7, 11) is 0. The van der Waals surface area contributed by atoms with E-state index in [9.17, 15) is 14.0 Å². The highest BCUT2D eigenvalue weighted by Crippen LogP contribution is 2.22. The Morgan fingerprint density at radius 3 is 2.37 bits per heavy atom. The van der Waals surface area contributed by atoms with Gasteiger partial charge in [0.15, 0.2) is 6.61 Å². The Kier molecular flexibility index (Phi) is 9.43. The smallest absolute Gasteiger partial charge is 0.261 e. The lowest BCUT2D eigenvalue weighted by Gasteiger charge is -2.32. The number of rotatable bonds is 10. The van der Waals surface area contributed by atoms with Crippen molar-refractivity contribution in [3.05, 3.63) is 99.8 Å². The van der Waals surface area contributed by atoms with Gasteiger partial charge in [-0.3, -0.25) is 9.59 Å². The molecule has 0 saturated carbocycles. The van der Waals surface area contributed by atoms with E-state index in [1.54, 1.807) is 24.3 Å². The van der Waals surface area contributed by atoms with Crippen molar-refractivity contribution in [2.45, 2.75) is 45.8 Å². The Hall–Kier alpha value is -3.19. The first kappa shape index (κ1) is 26.4. The first-order valence-corrected chi connectivity index (χ1v) is 12.3. The second-order valence-corrected chi connectivity index (χ2v) is 9.54. The van der Waals surface area contributed by atoms with Gasteiger partial charge >= 0.3 is 0 Å². The minimum absolute atomic E-state index is 0.0583. The highest BCUT2D eigenvalue weighted by molar-refractivity contribution is 9.10. The van der Waals surface area contributed by atoms with Gasteiger partial charge in [0.05, 0.1) is 0 Å². The van der Waals surface area contributed by atoms with Gasteiger partial charge in [-0.05, 0) is 56.2 Å². The molecule has 0 fully saturated rings. The summed E-state index contributed by atoms with van der Waals surface area (Å²) in [6, 6.07) is 20.2. The largest absolute Gasteiger partial charge is 0.484 e. The van der Waals surface area contributed by atoms with Crippen LogP contribution in [0.1, 0.15) is 30.5 Å². The van der Waals surface area contributed by atoms with Crippen LogP contribution in [0.15, 0.2) is 77.3 Å². The van der Waals surface area contributed by atoms with Gasteiger partial charge in [-0.25, -0.2) is 4.39 Å². The molecule has 0 aliphatic heterocycles. The lowest BCUT2D eigenvalue weighted by molar-refractivity contribution is -0.143. The molecule has 0 aliphatic carbocycles. The molecule has 1 N–H and O–H groups in total. The highest BCUT2D eigenvalue weighted by atomic mass is 79.9. The van der Waals surface area contributed by atoms with Crippen LogP contribution in [-0.2, 0) is 22.6 Å². The zero-order valence-electron chi connectivity index (χ0n) is 20.1. The van der Waals surface area contributed by atoms with E-state index in [2.05, 4.69) is 21.2 Å². The molecule has 3 aromatic rings. The van der Waals surface area contributed by atoms with Crippen LogP contribution in [0.25, 0.3) is 0 Å². The van der Waals surface area contributed by atoms with Crippen LogP contribution in [-0.4, -0.2) is 35.4 Å². The predicted molar refractivity (Wildman–Crippen MR) is 139 cm³/mol. The van der Waals surface area contributed by atoms with Crippen molar-refractivity contribution in [2.24, 2.45) is 0 Å². The number of amides is 2. The van der Waals surface area contributed by atoms with Crippen LogP contribution in [0.5, 0.6) is 5.75 Å². The molecule has 0 aromatic heterocycles. The fourth-order valence-electron chi connectivity index (χ4n) is 3.68. The molecule has 0 radical (unpaired) electrons. The summed E-state index contributed by atoms with van der Waals surface area (Å²) in [4.78, 5) is 28.2. The van der Waals surface area contributed by atoms with Gasteiger partial charge < -0.3 is 15.0 Å². The summed E-state index contributed by atoms with van der Waals surface area (Å²) in [5, 5.41) is 2.91. The second kappa shape index (κ2) is 12.5. The third-order valence-corrected chi connectivity index (χ3v) is 6.38. The highest BCUT2D eigenvalue weighted by Gasteiger charge is 2.31. The third-order valence-electron chi connectivity index (χ3n) is 5.49. The molecule has 0 aliphatic rings. The Balaban J connectivity index is 1.92. The number of benzene rings is 3. The van der Waals surface area contributed by atoms with Crippen LogP contribution in [0.3, 0.4) is 0 Å². The Bertz CT molecular complexity index is 1150. The zero-order valence-corrected chi connectivity index (χ0v) is 21.7. The van der Waals surface area contributed by atoms with E-state index >= 15 is 0 Å². The second-order valence-electron chi connectivity index (χ2n) is 8.68. The molecular formula is C28H30BrFN2O3. The van der Waals surface area contributed by atoms with Crippen molar-refractivity contribution >= 4 is 27.7 Å². The normalized spacial score (nSPS) is 11.7. The van der Waals surface area contributed by atoms with Gasteiger partial charge in [0.2, 0.25) is 5.91 Å². The number of hydrogen-bond acceptors (Lipinski definition) is 3. The van der Waals surface area contributed by atoms with Crippen molar-refractivity contribution in [3.63, 3.8) is 0 Å². The molecule has 0 saturated heterocycles. The van der Waals surface area contributed by atoms with Gasteiger partial charge in [-0.1, -0.05) is 64.5 Å². The van der Waals surface area contributed by atoms with Crippen molar-refractivity contribution in [1.29, 1.82) is 0 Å². The number of nitrogens with zero attached hydrogens (tertiary/aromatic N) is 1. The molecule has 3 aromatic carbocycles. The Morgan fingerprint density at radius 1 is 1.03 bits per heavy atom. The number of nitrogens with one attached hydrogen (secondary N) is 1. The molecule has 5 nitrogen and oxygen atoms in total.